The fourth-order valence-electron chi connectivity index (χ4n) is 5.01. The molecule has 0 amide bonds. The number of hydrogen-bond acceptors (Lipinski definition) is 1. The van der Waals surface area contributed by atoms with Crippen LogP contribution in [0.3, 0.4) is 0 Å². The molecule has 0 radical (unpaired) electrons. The molecule has 1 heteroatoms. The fraction of sp³-hybridized carbons (Fsp3) is 0.900. The van der Waals surface area contributed by atoms with Crippen molar-refractivity contribution < 1.29 is 0 Å². The first-order valence-corrected chi connectivity index (χ1v) is 9.73. The van der Waals surface area contributed by atoms with Gasteiger partial charge in [-0.2, -0.15) is 0 Å². The van der Waals surface area contributed by atoms with E-state index in [1.165, 1.54) is 83.6 Å². The first kappa shape index (κ1) is 15.4. The van der Waals surface area contributed by atoms with Crippen molar-refractivity contribution in [2.24, 2.45) is 11.8 Å². The van der Waals surface area contributed by atoms with Crippen molar-refractivity contribution in [2.75, 3.05) is 6.54 Å². The van der Waals surface area contributed by atoms with Crippen molar-refractivity contribution in [1.29, 1.82) is 0 Å². The highest BCUT2D eigenvalue weighted by Gasteiger charge is 2.37. The van der Waals surface area contributed by atoms with E-state index in [0.29, 0.717) is 0 Å². The zero-order valence-corrected chi connectivity index (χ0v) is 14.4. The van der Waals surface area contributed by atoms with Crippen LogP contribution in [0.1, 0.15) is 90.9 Å². The highest BCUT2D eigenvalue weighted by molar-refractivity contribution is 5.22. The lowest BCUT2D eigenvalue weighted by Gasteiger charge is -2.49. The van der Waals surface area contributed by atoms with Crippen LogP contribution in [0.2, 0.25) is 0 Å². The van der Waals surface area contributed by atoms with Crippen LogP contribution in [0.25, 0.3) is 0 Å². The Morgan fingerprint density at radius 2 is 1.81 bits per heavy atom. The Morgan fingerprint density at radius 3 is 2.67 bits per heavy atom. The second kappa shape index (κ2) is 7.20. The monoisotopic (exact) mass is 289 g/mol. The van der Waals surface area contributed by atoms with Gasteiger partial charge in [0.05, 0.1) is 0 Å². The predicted octanol–water partition coefficient (Wildman–Crippen LogP) is 5.91. The minimum absolute atomic E-state index is 0.873. The Kier molecular flexibility index (Phi) is 5.29. The molecule has 1 aliphatic heterocycles. The van der Waals surface area contributed by atoms with Gasteiger partial charge in [0, 0.05) is 18.3 Å². The third-order valence-corrected chi connectivity index (χ3v) is 6.11. The standard InChI is InChI=1S/C20H35N/c1-16(2)9-7-8-14-21-19-12-5-3-10-17(19)15-18-11-4-6-13-20(18)21/h16-17,19H,3-15H2,1-2H3. The maximum Gasteiger partial charge on any atom is 0.0318 e. The van der Waals surface area contributed by atoms with Gasteiger partial charge in [0.1, 0.15) is 0 Å². The van der Waals surface area contributed by atoms with Gasteiger partial charge in [0.15, 0.2) is 0 Å². The van der Waals surface area contributed by atoms with E-state index in [1.807, 2.05) is 11.3 Å². The minimum atomic E-state index is 0.873. The molecule has 2 atom stereocenters. The number of allylic oxidation sites excluding steroid dienone is 2. The minimum Gasteiger partial charge on any atom is -0.372 e. The van der Waals surface area contributed by atoms with Crippen LogP contribution in [0.15, 0.2) is 11.3 Å². The highest BCUT2D eigenvalue weighted by atomic mass is 15.2. The molecule has 1 saturated carbocycles. The van der Waals surface area contributed by atoms with Gasteiger partial charge in [0.2, 0.25) is 0 Å². The van der Waals surface area contributed by atoms with Gasteiger partial charge in [-0.25, -0.2) is 0 Å². The van der Waals surface area contributed by atoms with E-state index in [1.54, 1.807) is 0 Å². The Labute approximate surface area is 132 Å². The van der Waals surface area contributed by atoms with Crippen LogP contribution >= 0.6 is 0 Å². The van der Waals surface area contributed by atoms with Crippen molar-refractivity contribution in [3.8, 4) is 0 Å². The van der Waals surface area contributed by atoms with Crippen molar-refractivity contribution in [2.45, 2.75) is 96.9 Å². The summed E-state index contributed by atoms with van der Waals surface area (Å²) in [5, 5.41) is 0. The lowest BCUT2D eigenvalue weighted by molar-refractivity contribution is 0.105. The van der Waals surface area contributed by atoms with E-state index in [4.69, 9.17) is 0 Å². The molecule has 2 aliphatic carbocycles. The first-order chi connectivity index (χ1) is 10.3. The predicted molar refractivity (Wildman–Crippen MR) is 91.3 cm³/mol. The second-order valence-corrected chi connectivity index (χ2v) is 8.16. The maximum absolute atomic E-state index is 2.92. The lowest BCUT2D eigenvalue weighted by atomic mass is 9.74. The molecule has 1 fully saturated rings. The molecule has 2 unspecified atom stereocenters. The number of nitrogens with zero attached hydrogens (tertiary/aromatic N) is 1. The lowest BCUT2D eigenvalue weighted by Crippen LogP contribution is -2.46. The summed E-state index contributed by atoms with van der Waals surface area (Å²) >= 11 is 0. The van der Waals surface area contributed by atoms with E-state index in [2.05, 4.69) is 18.7 Å². The van der Waals surface area contributed by atoms with Gasteiger partial charge in [0.25, 0.3) is 0 Å². The molecule has 3 aliphatic rings. The summed E-state index contributed by atoms with van der Waals surface area (Å²) in [6.45, 7) is 6.08. The molecule has 0 N–H and O–H groups in total. The van der Waals surface area contributed by atoms with Crippen LogP contribution in [0.4, 0.5) is 0 Å². The average molecular weight is 290 g/mol. The molecule has 1 nitrogen and oxygen atoms in total. The molecular weight excluding hydrogens is 254 g/mol. The summed E-state index contributed by atoms with van der Waals surface area (Å²) in [6.07, 6.45) is 17.4. The molecule has 0 spiro atoms. The van der Waals surface area contributed by atoms with Gasteiger partial charge in [-0.05, 0) is 63.2 Å². The maximum atomic E-state index is 2.92. The second-order valence-electron chi connectivity index (χ2n) is 8.16. The number of unbranched alkanes of at least 4 members (excludes halogenated alkanes) is 1. The fourth-order valence-corrected chi connectivity index (χ4v) is 5.01. The third kappa shape index (κ3) is 3.66. The third-order valence-electron chi connectivity index (χ3n) is 6.11. The van der Waals surface area contributed by atoms with Gasteiger partial charge >= 0.3 is 0 Å². The zero-order chi connectivity index (χ0) is 14.7. The zero-order valence-electron chi connectivity index (χ0n) is 14.4. The number of rotatable bonds is 5. The van der Waals surface area contributed by atoms with Crippen molar-refractivity contribution >= 4 is 0 Å². The van der Waals surface area contributed by atoms with Crippen molar-refractivity contribution in [3.63, 3.8) is 0 Å². The molecule has 0 aromatic heterocycles. The largest absolute Gasteiger partial charge is 0.372 e. The van der Waals surface area contributed by atoms with E-state index in [0.717, 1.165) is 17.9 Å². The van der Waals surface area contributed by atoms with Crippen molar-refractivity contribution in [1.82, 2.24) is 4.90 Å². The Bertz CT molecular complexity index is 368. The Morgan fingerprint density at radius 1 is 1.00 bits per heavy atom. The molecule has 120 valence electrons. The molecule has 1 heterocycles. The van der Waals surface area contributed by atoms with Crippen LogP contribution in [0, 0.1) is 11.8 Å². The highest BCUT2D eigenvalue weighted by Crippen LogP contribution is 2.44. The summed E-state index contributed by atoms with van der Waals surface area (Å²) in [5.41, 5.74) is 3.68. The quantitative estimate of drug-likeness (QED) is 0.569. The average Bonchev–Trinajstić information content (AvgIpc) is 2.50. The molecular formula is C20H35N. The summed E-state index contributed by atoms with van der Waals surface area (Å²) in [5.74, 6) is 1.87. The SMILES string of the molecule is CC(C)CCCCN1C2=C(CCCC2)CC2CCCCC21. The normalized spacial score (nSPS) is 29.6. The Hall–Kier alpha value is -0.460. The Balaban J connectivity index is 1.66. The van der Waals surface area contributed by atoms with E-state index < -0.39 is 0 Å². The first-order valence-electron chi connectivity index (χ1n) is 9.73. The summed E-state index contributed by atoms with van der Waals surface area (Å²) < 4.78 is 0. The van der Waals surface area contributed by atoms with E-state index in [9.17, 15) is 0 Å². The summed E-state index contributed by atoms with van der Waals surface area (Å²) in [7, 11) is 0. The van der Waals surface area contributed by atoms with E-state index in [-0.39, 0.29) is 0 Å². The number of hydrogen-bond donors (Lipinski definition) is 0. The van der Waals surface area contributed by atoms with E-state index >= 15 is 0 Å². The van der Waals surface area contributed by atoms with Gasteiger partial charge in [-0.15, -0.1) is 0 Å². The molecule has 21 heavy (non-hydrogen) atoms. The smallest absolute Gasteiger partial charge is 0.0318 e. The molecule has 0 aromatic carbocycles. The van der Waals surface area contributed by atoms with Crippen LogP contribution in [-0.4, -0.2) is 17.5 Å². The topological polar surface area (TPSA) is 3.24 Å². The van der Waals surface area contributed by atoms with Crippen LogP contribution in [0.5, 0.6) is 0 Å². The van der Waals surface area contributed by atoms with Crippen LogP contribution < -0.4 is 0 Å². The molecule has 0 saturated heterocycles. The molecule has 0 bridgehead atoms. The van der Waals surface area contributed by atoms with Crippen LogP contribution in [-0.2, 0) is 0 Å². The van der Waals surface area contributed by atoms with Crippen molar-refractivity contribution in [3.05, 3.63) is 11.3 Å². The van der Waals surface area contributed by atoms with Gasteiger partial charge in [-0.1, -0.05) is 45.1 Å². The number of fused-ring (bicyclic) bond motifs is 1. The van der Waals surface area contributed by atoms with Gasteiger partial charge < -0.3 is 4.90 Å². The molecule has 0 aromatic rings. The summed E-state index contributed by atoms with van der Waals surface area (Å²) in [6, 6.07) is 0.912. The van der Waals surface area contributed by atoms with Gasteiger partial charge in [-0.3, -0.25) is 0 Å². The molecule has 3 rings (SSSR count). The summed E-state index contributed by atoms with van der Waals surface area (Å²) in [4.78, 5) is 2.92.